The quantitative estimate of drug-likeness (QED) is 0.0279. The van der Waals surface area contributed by atoms with Crippen molar-refractivity contribution in [2.24, 2.45) is 0 Å². The van der Waals surface area contributed by atoms with Gasteiger partial charge in [0.15, 0.2) is 6.10 Å². The Morgan fingerprint density at radius 1 is 0.545 bits per heavy atom. The zero-order chi connectivity index (χ0) is 40.5. The number of carbonyl (C=O) groups excluding carboxylic acids is 2. The van der Waals surface area contributed by atoms with Gasteiger partial charge in [-0.3, -0.25) is 18.6 Å². The average Bonchev–Trinajstić information content (AvgIpc) is 3.15. The molecule has 0 saturated heterocycles. The van der Waals surface area contributed by atoms with Crippen molar-refractivity contribution < 1.29 is 37.6 Å². The minimum atomic E-state index is -4.36. The molecule has 0 spiro atoms. The van der Waals surface area contributed by atoms with Crippen LogP contribution in [0.4, 0.5) is 0 Å². The summed E-state index contributed by atoms with van der Waals surface area (Å²) in [5.41, 5.74) is 0. The van der Waals surface area contributed by atoms with Gasteiger partial charge in [0.05, 0.1) is 13.2 Å². The van der Waals surface area contributed by atoms with Crippen LogP contribution < -0.4 is 0 Å². The lowest BCUT2D eigenvalue weighted by molar-refractivity contribution is -0.161. The molecule has 0 aliphatic heterocycles. The molecular weight excluding hydrogens is 713 g/mol. The molecule has 1 N–H and O–H groups in total. The second kappa shape index (κ2) is 40.9. The Kier molecular flexibility index (Phi) is 40.0. The first-order chi connectivity index (χ1) is 26.7. The molecule has 0 aromatic rings. The number of esters is 2. The lowest BCUT2D eigenvalue weighted by Gasteiger charge is -2.20. The second-order valence-electron chi connectivity index (χ2n) is 15.9. The fourth-order valence-corrected chi connectivity index (χ4v) is 7.25. The second-order valence-corrected chi connectivity index (χ2v) is 17.4. The van der Waals surface area contributed by atoms with Gasteiger partial charge in [0, 0.05) is 19.4 Å². The summed E-state index contributed by atoms with van der Waals surface area (Å²) in [5.74, 6) is -0.801. The van der Waals surface area contributed by atoms with Crippen LogP contribution in [0.2, 0.25) is 0 Å². The van der Waals surface area contributed by atoms with Crippen LogP contribution in [0, 0.1) is 0 Å². The number of rotatable bonds is 43. The highest BCUT2D eigenvalue weighted by molar-refractivity contribution is 7.47. The van der Waals surface area contributed by atoms with Gasteiger partial charge >= 0.3 is 19.8 Å². The van der Waals surface area contributed by atoms with Crippen molar-refractivity contribution in [2.75, 3.05) is 40.5 Å². The van der Waals surface area contributed by atoms with Crippen molar-refractivity contribution in [1.82, 2.24) is 4.90 Å². The van der Waals surface area contributed by atoms with Crippen molar-refractivity contribution in [3.63, 3.8) is 0 Å². The number of ether oxygens (including phenoxy) is 2. The van der Waals surface area contributed by atoms with Gasteiger partial charge in [0.2, 0.25) is 0 Å². The van der Waals surface area contributed by atoms with E-state index in [9.17, 15) is 19.0 Å². The van der Waals surface area contributed by atoms with Gasteiger partial charge in [-0.1, -0.05) is 180 Å². The Bertz CT molecular complexity index is 931. The van der Waals surface area contributed by atoms with Gasteiger partial charge in [0.25, 0.3) is 0 Å². The number of hydrogen-bond acceptors (Lipinski definition) is 8. The molecule has 0 amide bonds. The van der Waals surface area contributed by atoms with Crippen LogP contribution >= 0.6 is 7.82 Å². The molecule has 0 saturated carbocycles. The summed E-state index contributed by atoms with van der Waals surface area (Å²) >= 11 is 0. The highest BCUT2D eigenvalue weighted by Gasteiger charge is 2.26. The summed E-state index contributed by atoms with van der Waals surface area (Å²) in [6.45, 7) is 4.33. The fraction of sp³-hybridized carbons (Fsp3) is 0.911. The summed E-state index contributed by atoms with van der Waals surface area (Å²) in [6.07, 6.45) is 41.1. The zero-order valence-corrected chi connectivity index (χ0v) is 37.3. The van der Waals surface area contributed by atoms with Gasteiger partial charge in [-0.25, -0.2) is 4.57 Å². The van der Waals surface area contributed by atoms with Crippen LogP contribution in [0.5, 0.6) is 0 Å². The molecule has 2 atom stereocenters. The molecule has 0 aromatic heterocycles. The number of hydrogen-bond donors (Lipinski definition) is 1. The largest absolute Gasteiger partial charge is 0.472 e. The number of phosphoric acid groups is 1. The third kappa shape index (κ3) is 42.2. The molecule has 0 aromatic carbocycles. The van der Waals surface area contributed by atoms with E-state index in [-0.39, 0.29) is 32.0 Å². The molecule has 0 fully saturated rings. The van der Waals surface area contributed by atoms with Crippen LogP contribution in [-0.4, -0.2) is 68.3 Å². The van der Waals surface area contributed by atoms with E-state index in [4.69, 9.17) is 18.5 Å². The molecule has 55 heavy (non-hydrogen) atoms. The number of nitrogens with zero attached hydrogens (tertiary/aromatic N) is 1. The highest BCUT2D eigenvalue weighted by atomic mass is 31.2. The van der Waals surface area contributed by atoms with Gasteiger partial charge in [-0.2, -0.15) is 0 Å². The smallest absolute Gasteiger partial charge is 0.462 e. The fourth-order valence-electron chi connectivity index (χ4n) is 6.51. The number of unbranched alkanes of at least 4 members (excludes halogenated alkanes) is 27. The maximum atomic E-state index is 12.7. The zero-order valence-electron chi connectivity index (χ0n) is 36.4. The van der Waals surface area contributed by atoms with Crippen LogP contribution in [0.15, 0.2) is 12.2 Å². The van der Waals surface area contributed by atoms with E-state index in [0.29, 0.717) is 13.0 Å². The number of allylic oxidation sites excluding steroid dienone is 2. The minimum Gasteiger partial charge on any atom is -0.462 e. The molecule has 326 valence electrons. The summed E-state index contributed by atoms with van der Waals surface area (Å²) in [5, 5.41) is 0. The van der Waals surface area contributed by atoms with E-state index in [1.54, 1.807) is 0 Å². The van der Waals surface area contributed by atoms with Gasteiger partial charge in [0.1, 0.15) is 6.61 Å². The first-order valence-electron chi connectivity index (χ1n) is 23.0. The summed E-state index contributed by atoms with van der Waals surface area (Å²) in [4.78, 5) is 37.0. The third-order valence-corrected chi connectivity index (χ3v) is 11.1. The Hall–Kier alpha value is -1.25. The first-order valence-corrected chi connectivity index (χ1v) is 24.5. The van der Waals surface area contributed by atoms with Gasteiger partial charge < -0.3 is 19.3 Å². The molecule has 0 heterocycles. The van der Waals surface area contributed by atoms with Crippen molar-refractivity contribution >= 4 is 19.8 Å². The van der Waals surface area contributed by atoms with E-state index in [1.165, 1.54) is 135 Å². The Balaban J connectivity index is 4.21. The first kappa shape index (κ1) is 53.8. The number of likely N-dealkylation sites (N-methyl/N-ethyl adjacent to an activating group) is 1. The van der Waals surface area contributed by atoms with E-state index in [0.717, 1.165) is 51.4 Å². The highest BCUT2D eigenvalue weighted by Crippen LogP contribution is 2.43. The standard InChI is InChI=1S/C45H88NO8P/c1-5-7-9-11-13-15-17-19-20-21-22-23-24-26-28-30-32-34-36-38-45(48)54-43(42-53-55(49,50)52-40-39-46(3)4)41-51-44(47)37-35-33-31-29-27-25-18-16-14-12-10-8-6-2/h16,18,43H,5-15,17,19-42H2,1-4H3,(H,49,50)/b18-16-. The topological polar surface area (TPSA) is 112 Å². The monoisotopic (exact) mass is 802 g/mol. The van der Waals surface area contributed by atoms with E-state index < -0.39 is 26.5 Å². The lowest BCUT2D eigenvalue weighted by Crippen LogP contribution is -2.29. The van der Waals surface area contributed by atoms with E-state index in [1.807, 2.05) is 19.0 Å². The summed E-state index contributed by atoms with van der Waals surface area (Å²) in [6, 6.07) is 0. The molecule has 0 bridgehead atoms. The third-order valence-electron chi connectivity index (χ3n) is 10.1. The number of carbonyl (C=O) groups is 2. The molecule has 0 aliphatic carbocycles. The minimum absolute atomic E-state index is 0.00937. The Labute approximate surface area is 339 Å². The molecule has 0 rings (SSSR count). The average molecular weight is 802 g/mol. The molecule has 0 aliphatic rings. The van der Waals surface area contributed by atoms with Crippen LogP contribution in [0.1, 0.15) is 219 Å². The van der Waals surface area contributed by atoms with Crippen LogP contribution in [0.3, 0.4) is 0 Å². The van der Waals surface area contributed by atoms with E-state index >= 15 is 0 Å². The molecule has 0 radical (unpaired) electrons. The van der Waals surface area contributed by atoms with Crippen molar-refractivity contribution in [3.8, 4) is 0 Å². The lowest BCUT2D eigenvalue weighted by atomic mass is 10.0. The Morgan fingerprint density at radius 2 is 0.927 bits per heavy atom. The molecular formula is C45H88NO8P. The molecule has 10 heteroatoms. The number of phosphoric ester groups is 1. The van der Waals surface area contributed by atoms with Crippen molar-refractivity contribution in [1.29, 1.82) is 0 Å². The predicted molar refractivity (Wildman–Crippen MR) is 229 cm³/mol. The maximum absolute atomic E-state index is 12.7. The normalized spacial score (nSPS) is 13.4. The van der Waals surface area contributed by atoms with Gasteiger partial charge in [-0.15, -0.1) is 0 Å². The van der Waals surface area contributed by atoms with Crippen LogP contribution in [-0.2, 0) is 32.7 Å². The summed E-state index contributed by atoms with van der Waals surface area (Å²) in [7, 11) is -0.705. The van der Waals surface area contributed by atoms with Crippen molar-refractivity contribution in [3.05, 3.63) is 12.2 Å². The van der Waals surface area contributed by atoms with Gasteiger partial charge in [-0.05, 0) is 52.6 Å². The van der Waals surface area contributed by atoms with Crippen molar-refractivity contribution in [2.45, 2.75) is 225 Å². The molecule has 9 nitrogen and oxygen atoms in total. The SMILES string of the molecule is CCCCCC/C=C\CCCCCCCC(=O)OCC(COP(=O)(O)OCCN(C)C)OC(=O)CCCCCCCCCCCCCCCCCCCCC. The Morgan fingerprint density at radius 3 is 1.36 bits per heavy atom. The predicted octanol–water partition coefficient (Wildman–Crippen LogP) is 13.2. The van der Waals surface area contributed by atoms with E-state index in [2.05, 4.69) is 26.0 Å². The maximum Gasteiger partial charge on any atom is 0.472 e. The van der Waals surface area contributed by atoms with Crippen LogP contribution in [0.25, 0.3) is 0 Å². The molecule has 2 unspecified atom stereocenters. The summed E-state index contributed by atoms with van der Waals surface area (Å²) < 4.78 is 33.5.